The van der Waals surface area contributed by atoms with Crippen molar-refractivity contribution in [3.63, 3.8) is 0 Å². The number of hydrogen-bond acceptors (Lipinski definition) is 5. The first-order valence-corrected chi connectivity index (χ1v) is 11.3. The predicted molar refractivity (Wildman–Crippen MR) is 127 cm³/mol. The smallest absolute Gasteiger partial charge is 0.170 e. The van der Waals surface area contributed by atoms with Gasteiger partial charge >= 0.3 is 0 Å². The van der Waals surface area contributed by atoms with Gasteiger partial charge in [0.05, 0.1) is 26.6 Å². The molecule has 1 saturated heterocycles. The summed E-state index contributed by atoms with van der Waals surface area (Å²) in [5.74, 6) is 0. The standard InChI is InChI=1S/C21H33N5S2/c1-20(2,3)18-24-15-11-16(26-9-7-6-8-10-26)14(12-17(15)28-18)25-19(27)23-13-21(4,5)22/h11-12H,6-10,13,22H2,1-5H3,(H2,23,25,27). The van der Waals surface area contributed by atoms with Crippen molar-refractivity contribution >= 4 is 50.3 Å². The highest BCUT2D eigenvalue weighted by Gasteiger charge is 2.22. The van der Waals surface area contributed by atoms with Crippen LogP contribution in [0, 0.1) is 0 Å². The lowest BCUT2D eigenvalue weighted by Crippen LogP contribution is -2.46. The molecule has 0 radical (unpaired) electrons. The molecule has 4 N–H and O–H groups in total. The molecule has 2 heterocycles. The van der Waals surface area contributed by atoms with Gasteiger partial charge in [-0.05, 0) is 57.5 Å². The second kappa shape index (κ2) is 8.13. The Labute approximate surface area is 178 Å². The number of rotatable bonds is 4. The fraction of sp³-hybridized carbons (Fsp3) is 0.619. The van der Waals surface area contributed by atoms with Crippen molar-refractivity contribution in [2.75, 3.05) is 29.9 Å². The third-order valence-corrected chi connectivity index (χ3v) is 6.49. The summed E-state index contributed by atoms with van der Waals surface area (Å²) in [7, 11) is 0. The van der Waals surface area contributed by atoms with Crippen molar-refractivity contribution in [1.82, 2.24) is 10.3 Å². The molecule has 0 amide bonds. The number of fused-ring (bicyclic) bond motifs is 1. The van der Waals surface area contributed by atoms with E-state index in [-0.39, 0.29) is 11.0 Å². The van der Waals surface area contributed by atoms with E-state index in [0.717, 1.165) is 29.3 Å². The van der Waals surface area contributed by atoms with Crippen molar-refractivity contribution < 1.29 is 0 Å². The Hall–Kier alpha value is -1.44. The molecule has 1 fully saturated rings. The van der Waals surface area contributed by atoms with Gasteiger partial charge in [0.2, 0.25) is 0 Å². The topological polar surface area (TPSA) is 66.2 Å². The van der Waals surface area contributed by atoms with Crippen LogP contribution in [0.15, 0.2) is 12.1 Å². The van der Waals surface area contributed by atoms with E-state index in [9.17, 15) is 0 Å². The fourth-order valence-electron chi connectivity index (χ4n) is 3.25. The second-order valence-corrected chi connectivity index (χ2v) is 10.9. The zero-order chi connectivity index (χ0) is 20.5. The van der Waals surface area contributed by atoms with Crippen LogP contribution in [0.5, 0.6) is 0 Å². The van der Waals surface area contributed by atoms with Gasteiger partial charge in [-0.3, -0.25) is 0 Å². The van der Waals surface area contributed by atoms with Gasteiger partial charge in [-0.1, -0.05) is 20.8 Å². The number of thiazole rings is 1. The molecule has 1 aliphatic rings. The first-order valence-electron chi connectivity index (χ1n) is 10.1. The summed E-state index contributed by atoms with van der Waals surface area (Å²) in [6.45, 7) is 13.4. The average Bonchev–Trinajstić information content (AvgIpc) is 3.03. The lowest BCUT2D eigenvalue weighted by molar-refractivity contribution is 0.509. The average molecular weight is 420 g/mol. The Balaban J connectivity index is 1.93. The van der Waals surface area contributed by atoms with E-state index in [1.807, 2.05) is 13.8 Å². The van der Waals surface area contributed by atoms with Crippen molar-refractivity contribution in [3.8, 4) is 0 Å². The van der Waals surface area contributed by atoms with Gasteiger partial charge in [0, 0.05) is 30.6 Å². The van der Waals surface area contributed by atoms with Crippen molar-refractivity contribution in [2.24, 2.45) is 5.73 Å². The number of nitrogens with one attached hydrogen (secondary N) is 2. The third-order valence-electron chi connectivity index (χ3n) is 4.80. The molecule has 0 bridgehead atoms. The molecule has 154 valence electrons. The molecule has 0 spiro atoms. The molecular formula is C21H33N5S2. The quantitative estimate of drug-likeness (QED) is 0.629. The summed E-state index contributed by atoms with van der Waals surface area (Å²) in [6.07, 6.45) is 3.76. The minimum Gasteiger partial charge on any atom is -0.370 e. The maximum Gasteiger partial charge on any atom is 0.170 e. The van der Waals surface area contributed by atoms with Gasteiger partial charge in [-0.15, -0.1) is 11.3 Å². The third kappa shape index (κ3) is 5.33. The van der Waals surface area contributed by atoms with Crippen LogP contribution < -0.4 is 21.3 Å². The molecule has 3 rings (SSSR count). The van der Waals surface area contributed by atoms with Crippen molar-refractivity contribution in [1.29, 1.82) is 0 Å². The Morgan fingerprint density at radius 2 is 1.86 bits per heavy atom. The Bertz CT molecular complexity index is 839. The minimum atomic E-state index is -0.315. The molecule has 0 atom stereocenters. The second-order valence-electron chi connectivity index (χ2n) is 9.45. The van der Waals surface area contributed by atoms with Crippen LogP contribution in [0.3, 0.4) is 0 Å². The largest absolute Gasteiger partial charge is 0.370 e. The van der Waals surface area contributed by atoms with Gasteiger partial charge in [0.1, 0.15) is 0 Å². The highest BCUT2D eigenvalue weighted by molar-refractivity contribution is 7.80. The first-order chi connectivity index (χ1) is 13.0. The predicted octanol–water partition coefficient (Wildman–Crippen LogP) is 4.61. The van der Waals surface area contributed by atoms with Gasteiger partial charge in [0.25, 0.3) is 0 Å². The number of anilines is 2. The van der Waals surface area contributed by atoms with E-state index in [1.54, 1.807) is 11.3 Å². The van der Waals surface area contributed by atoms with Crippen LogP contribution >= 0.6 is 23.6 Å². The molecule has 0 unspecified atom stereocenters. The van der Waals surface area contributed by atoms with Crippen LogP contribution in [0.2, 0.25) is 0 Å². The Morgan fingerprint density at radius 3 is 2.46 bits per heavy atom. The zero-order valence-corrected chi connectivity index (χ0v) is 19.3. The number of thiocarbonyl (C=S) groups is 1. The molecule has 2 aromatic rings. The molecule has 0 saturated carbocycles. The highest BCUT2D eigenvalue weighted by Crippen LogP contribution is 2.38. The molecule has 28 heavy (non-hydrogen) atoms. The summed E-state index contributed by atoms with van der Waals surface area (Å²) in [6, 6.07) is 4.43. The minimum absolute atomic E-state index is 0.0477. The van der Waals surface area contributed by atoms with Crippen molar-refractivity contribution in [3.05, 3.63) is 17.1 Å². The maximum atomic E-state index is 6.08. The number of hydrogen-bond donors (Lipinski definition) is 3. The van der Waals surface area contributed by atoms with E-state index < -0.39 is 0 Å². The van der Waals surface area contributed by atoms with E-state index in [0.29, 0.717) is 11.7 Å². The van der Waals surface area contributed by atoms with E-state index >= 15 is 0 Å². The SMILES string of the molecule is CC(C)(N)CNC(=S)Nc1cc2sc(C(C)(C)C)nc2cc1N1CCCCC1. The van der Waals surface area contributed by atoms with E-state index in [1.165, 1.54) is 29.6 Å². The van der Waals surface area contributed by atoms with E-state index in [4.69, 9.17) is 22.9 Å². The van der Waals surface area contributed by atoms with Gasteiger partial charge < -0.3 is 21.3 Å². The maximum absolute atomic E-state index is 6.08. The van der Waals surface area contributed by atoms with Crippen LogP contribution in [-0.2, 0) is 5.41 Å². The summed E-state index contributed by atoms with van der Waals surface area (Å²) in [4.78, 5) is 7.38. The number of nitrogens with zero attached hydrogens (tertiary/aromatic N) is 2. The number of aromatic nitrogens is 1. The molecule has 0 aliphatic carbocycles. The van der Waals surface area contributed by atoms with Gasteiger partial charge in [-0.25, -0.2) is 4.98 Å². The number of nitrogens with two attached hydrogens (primary N) is 1. The number of piperidine rings is 1. The monoisotopic (exact) mass is 419 g/mol. The van der Waals surface area contributed by atoms with Gasteiger partial charge in [-0.2, -0.15) is 0 Å². The molecule has 1 aromatic heterocycles. The van der Waals surface area contributed by atoms with Gasteiger partial charge in [0.15, 0.2) is 5.11 Å². The summed E-state index contributed by atoms with van der Waals surface area (Å²) in [5.41, 5.74) is 9.12. The summed E-state index contributed by atoms with van der Waals surface area (Å²) >= 11 is 7.31. The van der Waals surface area contributed by atoms with Crippen LogP contribution in [0.4, 0.5) is 11.4 Å². The van der Waals surface area contributed by atoms with Crippen LogP contribution in [0.1, 0.15) is 58.9 Å². The normalized spacial score (nSPS) is 15.7. The highest BCUT2D eigenvalue weighted by atomic mass is 32.1. The summed E-state index contributed by atoms with van der Waals surface area (Å²) in [5, 5.41) is 8.44. The molecule has 5 nitrogen and oxygen atoms in total. The zero-order valence-electron chi connectivity index (χ0n) is 17.7. The van der Waals surface area contributed by atoms with Crippen molar-refractivity contribution in [2.45, 2.75) is 64.8 Å². The lowest BCUT2D eigenvalue weighted by atomic mass is 9.98. The Kier molecular flexibility index (Phi) is 6.17. The first kappa shape index (κ1) is 21.3. The molecular weight excluding hydrogens is 386 g/mol. The fourth-order valence-corrected chi connectivity index (χ4v) is 4.48. The van der Waals surface area contributed by atoms with Crippen LogP contribution in [-0.4, -0.2) is 35.3 Å². The molecule has 1 aliphatic heterocycles. The molecule has 1 aromatic carbocycles. The van der Waals surface area contributed by atoms with E-state index in [2.05, 4.69) is 48.4 Å². The Morgan fingerprint density at radius 1 is 1.18 bits per heavy atom. The molecule has 7 heteroatoms. The lowest BCUT2D eigenvalue weighted by Gasteiger charge is -2.31. The van der Waals surface area contributed by atoms with Crippen LogP contribution in [0.25, 0.3) is 10.2 Å². The number of benzene rings is 1. The summed E-state index contributed by atoms with van der Waals surface area (Å²) < 4.78 is 1.19.